The van der Waals surface area contributed by atoms with Gasteiger partial charge in [0.05, 0.1) is 6.42 Å². The number of hydrogen-bond donors (Lipinski definition) is 0. The fraction of sp³-hybridized carbons (Fsp3) is 0.462. The highest BCUT2D eigenvalue weighted by Gasteiger charge is 2.29. The summed E-state index contributed by atoms with van der Waals surface area (Å²) in [6.45, 7) is 6.56. The smallest absolute Gasteiger partial charge is 0.231 e. The van der Waals surface area contributed by atoms with Crippen LogP contribution in [-0.2, 0) is 16.6 Å². The predicted molar refractivity (Wildman–Crippen MR) is 62.3 cm³/mol. The molecule has 1 aliphatic rings. The molecule has 80 valence electrons. The van der Waals surface area contributed by atoms with E-state index in [1.165, 1.54) is 11.1 Å². The van der Waals surface area contributed by atoms with Gasteiger partial charge in [0.25, 0.3) is 0 Å². The molecule has 0 bridgehead atoms. The third-order valence-electron chi connectivity index (χ3n) is 3.02. The van der Waals surface area contributed by atoms with E-state index in [2.05, 4.69) is 26.8 Å². The molecule has 0 saturated carbocycles. The topological polar surface area (TPSA) is 20.3 Å². The van der Waals surface area contributed by atoms with E-state index in [0.717, 1.165) is 5.69 Å². The third kappa shape index (κ3) is 1.54. The lowest BCUT2D eigenvalue weighted by Crippen LogP contribution is -2.20. The van der Waals surface area contributed by atoms with E-state index < -0.39 is 0 Å². The van der Waals surface area contributed by atoms with Gasteiger partial charge in [-0.1, -0.05) is 32.9 Å². The highest BCUT2D eigenvalue weighted by Crippen LogP contribution is 2.36. The summed E-state index contributed by atoms with van der Waals surface area (Å²) in [5, 5.41) is 0. The molecule has 0 radical (unpaired) electrons. The van der Waals surface area contributed by atoms with Gasteiger partial charge in [-0.25, -0.2) is 0 Å². The summed E-state index contributed by atoms with van der Waals surface area (Å²) >= 11 is 0. The van der Waals surface area contributed by atoms with E-state index in [4.69, 9.17) is 0 Å². The largest absolute Gasteiger partial charge is 0.315 e. The Labute approximate surface area is 90.9 Å². The fourth-order valence-corrected chi connectivity index (χ4v) is 2.18. The first-order valence-corrected chi connectivity index (χ1v) is 5.30. The number of nitrogens with zero attached hydrogens (tertiary/aromatic N) is 1. The quantitative estimate of drug-likeness (QED) is 0.634. The maximum absolute atomic E-state index is 11.6. The molecular weight excluding hydrogens is 186 g/mol. The minimum absolute atomic E-state index is 0.108. The summed E-state index contributed by atoms with van der Waals surface area (Å²) in [6, 6.07) is 6.19. The van der Waals surface area contributed by atoms with Crippen LogP contribution < -0.4 is 4.90 Å². The minimum atomic E-state index is 0.108. The first-order chi connectivity index (χ1) is 6.91. The van der Waals surface area contributed by atoms with E-state index in [9.17, 15) is 4.79 Å². The number of hydrogen-bond acceptors (Lipinski definition) is 1. The van der Waals surface area contributed by atoms with Crippen LogP contribution in [0.5, 0.6) is 0 Å². The molecule has 1 heterocycles. The second-order valence-electron chi connectivity index (χ2n) is 5.18. The summed E-state index contributed by atoms with van der Waals surface area (Å²) in [7, 11) is 1.85. The van der Waals surface area contributed by atoms with Crippen molar-refractivity contribution in [2.75, 3.05) is 11.9 Å². The SMILES string of the molecule is CN1C(=O)Cc2c1cccc2C(C)(C)C. The molecule has 2 rings (SSSR count). The van der Waals surface area contributed by atoms with Crippen molar-refractivity contribution < 1.29 is 4.79 Å². The Morgan fingerprint density at radius 3 is 2.53 bits per heavy atom. The van der Waals surface area contributed by atoms with Gasteiger partial charge < -0.3 is 4.90 Å². The molecular formula is C13H17NO. The molecule has 1 amide bonds. The number of anilines is 1. The highest BCUT2D eigenvalue weighted by molar-refractivity contribution is 6.01. The van der Waals surface area contributed by atoms with Gasteiger partial charge in [0.1, 0.15) is 0 Å². The van der Waals surface area contributed by atoms with E-state index >= 15 is 0 Å². The molecule has 2 heteroatoms. The molecule has 0 spiro atoms. The normalized spacial score (nSPS) is 15.7. The summed E-state index contributed by atoms with van der Waals surface area (Å²) in [4.78, 5) is 13.4. The molecule has 0 saturated heterocycles. The van der Waals surface area contributed by atoms with E-state index in [0.29, 0.717) is 6.42 Å². The average molecular weight is 203 g/mol. The van der Waals surface area contributed by atoms with Crippen molar-refractivity contribution in [2.45, 2.75) is 32.6 Å². The Hall–Kier alpha value is -1.31. The van der Waals surface area contributed by atoms with Crippen LogP contribution in [-0.4, -0.2) is 13.0 Å². The van der Waals surface area contributed by atoms with Gasteiger partial charge in [0, 0.05) is 12.7 Å². The van der Waals surface area contributed by atoms with Crippen LogP contribution in [0.3, 0.4) is 0 Å². The van der Waals surface area contributed by atoms with Crippen LogP contribution in [0.2, 0.25) is 0 Å². The van der Waals surface area contributed by atoms with E-state index in [1.54, 1.807) is 4.90 Å². The number of carbonyl (C=O) groups excluding carboxylic acids is 1. The lowest BCUT2D eigenvalue weighted by molar-refractivity contribution is -0.117. The maximum atomic E-state index is 11.6. The zero-order valence-corrected chi connectivity index (χ0v) is 9.79. The zero-order chi connectivity index (χ0) is 11.2. The molecule has 0 fully saturated rings. The number of fused-ring (bicyclic) bond motifs is 1. The first-order valence-electron chi connectivity index (χ1n) is 5.30. The van der Waals surface area contributed by atoms with Crippen molar-refractivity contribution in [1.82, 2.24) is 0 Å². The molecule has 1 aromatic rings. The van der Waals surface area contributed by atoms with Gasteiger partial charge in [-0.3, -0.25) is 4.79 Å². The van der Waals surface area contributed by atoms with E-state index in [-0.39, 0.29) is 11.3 Å². The third-order valence-corrected chi connectivity index (χ3v) is 3.02. The van der Waals surface area contributed by atoms with Crippen molar-refractivity contribution in [3.63, 3.8) is 0 Å². The predicted octanol–water partition coefficient (Wildman–Crippen LogP) is 2.50. The standard InChI is InChI=1S/C13H17NO/c1-13(2,3)10-6-5-7-11-9(10)8-12(15)14(11)4/h5-7H,8H2,1-4H3. The van der Waals surface area contributed by atoms with Gasteiger partial charge in [0.2, 0.25) is 5.91 Å². The second kappa shape index (κ2) is 3.09. The summed E-state index contributed by atoms with van der Waals surface area (Å²) in [5.41, 5.74) is 3.68. The monoisotopic (exact) mass is 203 g/mol. The zero-order valence-electron chi connectivity index (χ0n) is 9.79. The molecule has 1 aliphatic heterocycles. The molecule has 0 unspecified atom stereocenters. The molecule has 0 aromatic heterocycles. The van der Waals surface area contributed by atoms with Gasteiger partial charge in [-0.15, -0.1) is 0 Å². The lowest BCUT2D eigenvalue weighted by Gasteiger charge is -2.22. The molecule has 0 aliphatic carbocycles. The minimum Gasteiger partial charge on any atom is -0.315 e. The Morgan fingerprint density at radius 1 is 1.27 bits per heavy atom. The summed E-state index contributed by atoms with van der Waals surface area (Å²) in [6.07, 6.45) is 0.555. The Balaban J connectivity index is 2.60. The van der Waals surface area contributed by atoms with Crippen LogP contribution in [0.25, 0.3) is 0 Å². The number of carbonyl (C=O) groups is 1. The molecule has 0 atom stereocenters. The van der Waals surface area contributed by atoms with Gasteiger partial charge in [-0.05, 0) is 22.6 Å². The van der Waals surface area contributed by atoms with Crippen LogP contribution in [0.1, 0.15) is 31.9 Å². The number of rotatable bonds is 0. The van der Waals surface area contributed by atoms with Crippen LogP contribution in [0.4, 0.5) is 5.69 Å². The number of benzene rings is 1. The van der Waals surface area contributed by atoms with Crippen LogP contribution in [0, 0.1) is 0 Å². The molecule has 2 nitrogen and oxygen atoms in total. The Kier molecular flexibility index (Phi) is 2.10. The Bertz CT molecular complexity index is 415. The van der Waals surface area contributed by atoms with Crippen molar-refractivity contribution in [1.29, 1.82) is 0 Å². The van der Waals surface area contributed by atoms with Gasteiger partial charge >= 0.3 is 0 Å². The number of amides is 1. The van der Waals surface area contributed by atoms with E-state index in [1.807, 2.05) is 19.2 Å². The summed E-state index contributed by atoms with van der Waals surface area (Å²) < 4.78 is 0. The Morgan fingerprint density at radius 2 is 1.93 bits per heavy atom. The van der Waals surface area contributed by atoms with Crippen LogP contribution in [0.15, 0.2) is 18.2 Å². The highest BCUT2D eigenvalue weighted by atomic mass is 16.2. The first kappa shape index (κ1) is 10.2. The second-order valence-corrected chi connectivity index (χ2v) is 5.18. The van der Waals surface area contributed by atoms with Crippen molar-refractivity contribution in [3.8, 4) is 0 Å². The fourth-order valence-electron chi connectivity index (χ4n) is 2.18. The van der Waals surface area contributed by atoms with Gasteiger partial charge in [0.15, 0.2) is 0 Å². The summed E-state index contributed by atoms with van der Waals surface area (Å²) in [5.74, 6) is 0.196. The van der Waals surface area contributed by atoms with Gasteiger partial charge in [-0.2, -0.15) is 0 Å². The van der Waals surface area contributed by atoms with Crippen LogP contribution >= 0.6 is 0 Å². The van der Waals surface area contributed by atoms with Crippen molar-refractivity contribution in [3.05, 3.63) is 29.3 Å². The van der Waals surface area contributed by atoms with Crippen molar-refractivity contribution >= 4 is 11.6 Å². The maximum Gasteiger partial charge on any atom is 0.231 e. The molecule has 0 N–H and O–H groups in total. The average Bonchev–Trinajstić information content (AvgIpc) is 2.41. The van der Waals surface area contributed by atoms with Crippen molar-refractivity contribution in [2.24, 2.45) is 0 Å². The lowest BCUT2D eigenvalue weighted by atomic mass is 9.83. The number of likely N-dealkylation sites (N-methyl/N-ethyl adjacent to an activating group) is 1. The molecule has 15 heavy (non-hydrogen) atoms. The molecule has 1 aromatic carbocycles.